The first-order valence-corrected chi connectivity index (χ1v) is 61.1. The molecule has 0 atom stereocenters. The average Bonchev–Trinajstić information content (AvgIpc) is 3.00. The van der Waals surface area contributed by atoms with Crippen molar-refractivity contribution in [2.75, 3.05) is 0 Å². The van der Waals surface area contributed by atoms with E-state index in [-0.39, 0.29) is 1130 Å². The zero-order valence-electron chi connectivity index (χ0n) is 70.3. The van der Waals surface area contributed by atoms with Gasteiger partial charge in [0.15, 0.2) is 0 Å². The molecule has 0 amide bonds. The first-order chi connectivity index (χ1) is 48.0. The molecule has 142 heavy (non-hydrogen) atoms. The van der Waals surface area contributed by atoms with Crippen LogP contribution in [0.3, 0.4) is 0 Å². The van der Waals surface area contributed by atoms with Crippen LogP contribution in [0.15, 0.2) is 0 Å². The Kier molecular flexibility index (Phi) is 373. The summed E-state index contributed by atoms with van der Waals surface area (Å²) in [6.45, 7) is 0. The van der Waals surface area contributed by atoms with Crippen LogP contribution in [0.5, 0.6) is 0 Å². The van der Waals surface area contributed by atoms with Crippen LogP contribution in [0.1, 0.15) is 0 Å². The van der Waals surface area contributed by atoms with E-state index in [9.17, 15) is 0 Å². The Morgan fingerprint density at radius 1 is 0.0493 bits per heavy atom. The van der Waals surface area contributed by atoms with Crippen molar-refractivity contribution >= 4 is 0 Å². The number of hydrogen-bond donors (Lipinski definition) is 0. The van der Waals surface area contributed by atoms with Gasteiger partial charge in [0.05, 0.1) is 0 Å². The SMILES string of the molecule is [K+].[K+].[K+].[K+].[K+].[K+].[K+].[K+].[K+].[K+].[K+].[K+].[K+].[K+].[K+].[K+].[K+].[K+].[K+].[K+].[K+].[K+].[O]=[Mn](=[O])(=[O])[O-].[O]=[Mn](=[O])(=[O])[O-].[O]=[Mn](=[O])(=[O])[O-].[O]=[Mn](=[O])(=[O])[O-].[O]=[Mn](=[O])(=[O])[O-].[O]=[Mn](=[O])(=[O])[O-].[O]=[Mn](=[O])(=[O])[O-].[O]=[Mn](=[O])(=[O])[O-].[O]=[Mn](=[O])(=[O])[O-].[O]=[Mn](=[O])(=[O])[O-].[O]=[Mn](=[O])(=[O])[O-].[O]=[Mn](=[O])(=[O])[O-].[O]=[Mn](=[O])(=[O])[O-].[O]=[Mn](=[O])(=[O])[O-].[O]=[Mn](=[O])(=[O])[O-].[O]=[Mn](=[O])(=[O])[O-].[O]=[Mn](=[O])(=[O])[O-].[O]=[Mn](=[O])(=[O])[O-].[O]=[Mn](=[O])(=[O])[O-].[O]=[Mn](=[O])(=[O])[O-].[O]=[Mn](=[O])(=[O])[O-].[O]=[Mn](=[O])(=[O])[O-].[O]=[Mn](=[O])(=[O])[O-].[O]=[Mn](=[O])(=[O])[O-]. The fraction of sp³-hybridized carbons (Fsp3) is 0. The number of rotatable bonds is 0. The van der Waals surface area contributed by atoms with E-state index in [1.165, 1.54) is 0 Å². The van der Waals surface area contributed by atoms with Gasteiger partial charge in [-0.2, -0.15) is 0 Å². The van der Waals surface area contributed by atoms with Crippen molar-refractivity contribution < 1.29 is 1820 Å². The maximum atomic E-state index is 8.58. The Balaban J connectivity index is -0.0000000153. The molecule has 96 nitrogen and oxygen atoms in total. The van der Waals surface area contributed by atoms with E-state index in [0.717, 1.165) is 0 Å². The van der Waals surface area contributed by atoms with Crippen molar-refractivity contribution in [1.82, 2.24) is 0 Å². The predicted octanol–water partition coefficient (Wildman–Crippen LogP) is -103. The summed E-state index contributed by atoms with van der Waals surface area (Å²) in [4.78, 5) is 0. The van der Waals surface area contributed by atoms with Crippen molar-refractivity contribution in [3.63, 3.8) is 0 Å². The summed E-state index contributed by atoms with van der Waals surface area (Å²) in [6.07, 6.45) is 0. The van der Waals surface area contributed by atoms with Gasteiger partial charge < -0.3 is 0 Å². The summed E-state index contributed by atoms with van der Waals surface area (Å²) >= 11 is -135. The molecule has 0 N–H and O–H groups in total. The van der Waals surface area contributed by atoms with Gasteiger partial charge in [0.25, 0.3) is 0 Å². The van der Waals surface area contributed by atoms with Crippen molar-refractivity contribution in [1.29, 1.82) is 0 Å². The van der Waals surface area contributed by atoms with Gasteiger partial charge in [0.2, 0.25) is 0 Å². The second-order valence-electron chi connectivity index (χ2n) is 9.07. The quantitative estimate of drug-likeness (QED) is 0.203. The molecule has 142 heteroatoms. The second kappa shape index (κ2) is 166. The van der Waals surface area contributed by atoms with E-state index in [1.54, 1.807) is 0 Å². The minimum absolute atomic E-state index is 0. The van der Waals surface area contributed by atoms with E-state index in [1.807, 2.05) is 0 Å². The second-order valence-corrected chi connectivity index (χ2v) is 37.4. The molecule has 0 saturated carbocycles. The summed E-state index contributed by atoms with van der Waals surface area (Å²) in [6, 6.07) is 0. The molecule has 0 aliphatic rings. The summed E-state index contributed by atoms with van der Waals surface area (Å²) in [5, 5.41) is 0. The molecule has 0 fully saturated rings. The van der Waals surface area contributed by atoms with Crippen LogP contribution >= 0.6 is 0 Å². The summed E-state index contributed by atoms with van der Waals surface area (Å²) in [5.41, 5.74) is 0. The summed E-state index contributed by atoms with van der Waals surface area (Å²) < 4.78 is 824. The fourth-order valence-electron chi connectivity index (χ4n) is 0. The fourth-order valence-corrected chi connectivity index (χ4v) is 0. The Hall–Kier alpha value is 33.1. The molecule has 0 aliphatic carbocycles. The van der Waals surface area contributed by atoms with Crippen LogP contribution < -0.4 is 1230 Å². The molecule has 768 valence electrons. The van der Waals surface area contributed by atoms with E-state index in [4.69, 9.17) is 377 Å². The molecule has 0 bridgehead atoms. The third kappa shape index (κ3) is 4680. The van der Waals surface area contributed by atoms with Crippen LogP contribution in [0.2, 0.25) is 0 Å². The summed E-state index contributed by atoms with van der Waals surface area (Å²) in [5.74, 6) is 0. The molecular formula is K22Mn24O96-2. The van der Waals surface area contributed by atoms with Crippen LogP contribution in [-0.2, 0) is 587 Å². The average molecular weight is 3710 g/mol. The monoisotopic (exact) mass is 3710 g/mol. The van der Waals surface area contributed by atoms with E-state index in [0.29, 0.717) is 0 Å². The van der Waals surface area contributed by atoms with Crippen molar-refractivity contribution in [2.24, 2.45) is 0 Å². The van der Waals surface area contributed by atoms with Gasteiger partial charge in [-0.1, -0.05) is 0 Å². The minimum atomic E-state index is -5.62. The first-order valence-electron chi connectivity index (χ1n) is 14.8. The molecule has 0 heterocycles. The molecule has 0 radical (unpaired) electrons. The Morgan fingerprint density at radius 3 is 0.0493 bits per heavy atom. The molecule has 0 aromatic rings. The third-order valence-corrected chi connectivity index (χ3v) is 0. The van der Waals surface area contributed by atoms with Crippen LogP contribution in [0.25, 0.3) is 0 Å². The van der Waals surface area contributed by atoms with Crippen LogP contribution in [0, 0.1) is 0 Å². The van der Waals surface area contributed by atoms with Gasteiger partial charge in [0, 0.05) is 0 Å². The van der Waals surface area contributed by atoms with Gasteiger partial charge >= 0.3 is 1820 Å². The third-order valence-electron chi connectivity index (χ3n) is 0. The number of hydrogen-bond acceptors (Lipinski definition) is 96. The molecule has 0 aromatic carbocycles. The molecular weight excluding hydrogens is 3710 g/mol. The van der Waals surface area contributed by atoms with E-state index >= 15 is 0 Å². The Bertz CT molecular complexity index is 5390. The van der Waals surface area contributed by atoms with Gasteiger partial charge in [-0.25, -0.2) is 0 Å². The van der Waals surface area contributed by atoms with Gasteiger partial charge in [-0.15, -0.1) is 0 Å². The Labute approximate surface area is 1750 Å². The predicted molar refractivity (Wildman–Crippen MR) is 49.4 cm³/mol. The van der Waals surface area contributed by atoms with E-state index in [2.05, 4.69) is 0 Å². The molecule has 0 aromatic heterocycles. The molecule has 0 spiro atoms. The zero-order valence-corrected chi connectivity index (χ0v) is 167. The zero-order chi connectivity index (χ0) is 108. The van der Waals surface area contributed by atoms with Gasteiger partial charge in [-0.3, -0.25) is 0 Å². The molecule has 0 saturated heterocycles. The van der Waals surface area contributed by atoms with Crippen molar-refractivity contribution in [3.8, 4) is 0 Å². The van der Waals surface area contributed by atoms with E-state index < -0.39 is 311 Å². The molecule has 0 unspecified atom stereocenters. The topological polar surface area (TPSA) is 1780 Å². The molecule has 0 rings (SSSR count). The van der Waals surface area contributed by atoms with Crippen molar-refractivity contribution in [2.45, 2.75) is 0 Å². The van der Waals surface area contributed by atoms with Gasteiger partial charge in [-0.05, 0) is 0 Å². The first kappa shape index (κ1) is 318. The summed E-state index contributed by atoms with van der Waals surface area (Å²) in [7, 11) is 0. The maximum absolute atomic E-state index is 8.58. The van der Waals surface area contributed by atoms with Crippen LogP contribution in [-0.4, -0.2) is 0 Å². The standard InChI is InChI=1S/22K.24Mn.96O/q22*+1;;;;;;;;;;;;;;;;;;;;;;;;;;;;;;;;;;;;;;;;;;;;;;;;;;;;;;;;;;;;;;;;;;;;;;;;;;;;;;;;;;;;;;;;;;;;;;;;;24*-1. The Morgan fingerprint density at radius 2 is 0.0493 bits per heavy atom. The molecule has 0 aliphatic heterocycles. The van der Waals surface area contributed by atoms with Gasteiger partial charge in [0.1, 0.15) is 0 Å². The van der Waals surface area contributed by atoms with Crippen LogP contribution in [0.4, 0.5) is 0 Å². The normalized spacial score (nSPS) is 9.63. The van der Waals surface area contributed by atoms with Crippen molar-refractivity contribution in [3.05, 3.63) is 0 Å².